The molecule has 0 aliphatic rings. The lowest BCUT2D eigenvalue weighted by Gasteiger charge is -1.98. The molecule has 0 aromatic rings. The minimum atomic E-state index is 1.14. The fourth-order valence-electron chi connectivity index (χ4n) is 0. The van der Waals surface area contributed by atoms with Gasteiger partial charge in [-0.15, -0.1) is 0 Å². The van der Waals surface area contributed by atoms with E-state index in [1.165, 1.54) is 0 Å². The maximum Gasteiger partial charge on any atom is 0.177 e. The lowest BCUT2D eigenvalue weighted by atomic mass is 9.86. The average Bonchev–Trinajstić information content (AvgIpc) is 1.38. The van der Waals surface area contributed by atoms with E-state index < -0.39 is 0 Å². The van der Waals surface area contributed by atoms with Gasteiger partial charge >= 0.3 is 0 Å². The Bertz CT molecular complexity index is 20.9. The number of rotatable bonds is 1. The van der Waals surface area contributed by atoms with Crippen LogP contribution in [0.15, 0.2) is 0 Å². The number of nitrogens with zero attached hydrogens (tertiary/aromatic N) is 1. The molecule has 0 aromatic heterocycles. The van der Waals surface area contributed by atoms with Gasteiger partial charge in [0, 0.05) is 0 Å². The summed E-state index contributed by atoms with van der Waals surface area (Å²) in [5, 5.41) is 0. The van der Waals surface area contributed by atoms with Crippen LogP contribution in [-0.4, -0.2) is 28.0 Å². The van der Waals surface area contributed by atoms with Crippen LogP contribution in [0, 0.1) is 0 Å². The Labute approximate surface area is 35.9 Å². The molecule has 0 N–H and O–H groups in total. The highest BCUT2D eigenvalue weighted by molar-refractivity contribution is 6.51. The lowest BCUT2D eigenvalue weighted by Crippen LogP contribution is -2.17. The molecular formula is CH8B3N. The zero-order valence-corrected chi connectivity index (χ0v) is 4.15. The highest BCUT2D eigenvalue weighted by atomic mass is 14.8. The third-order valence-corrected chi connectivity index (χ3v) is 0.632. The molecule has 0 saturated carbocycles. The summed E-state index contributed by atoms with van der Waals surface area (Å²) in [5.74, 6) is 0. The van der Waals surface area contributed by atoms with E-state index in [-0.39, 0.29) is 0 Å². The SMILES string of the molecule is BN(B)BC. The predicted molar refractivity (Wildman–Crippen MR) is 31.9 cm³/mol. The van der Waals surface area contributed by atoms with Gasteiger partial charge in [0.25, 0.3) is 0 Å². The van der Waals surface area contributed by atoms with Crippen molar-refractivity contribution in [2.75, 3.05) is 0 Å². The third kappa shape index (κ3) is 4.15. The summed E-state index contributed by atoms with van der Waals surface area (Å²) >= 11 is 0. The Morgan fingerprint density at radius 2 is 1.80 bits per heavy atom. The van der Waals surface area contributed by atoms with E-state index in [1.54, 1.807) is 0 Å². The average molecular weight is 66.5 g/mol. The molecule has 0 spiro atoms. The zero-order valence-electron chi connectivity index (χ0n) is 4.15. The van der Waals surface area contributed by atoms with E-state index in [1.807, 2.05) is 0 Å². The Kier molecular flexibility index (Phi) is 2.47. The van der Waals surface area contributed by atoms with Crippen molar-refractivity contribution in [2.45, 2.75) is 6.82 Å². The summed E-state index contributed by atoms with van der Waals surface area (Å²) in [7, 11) is 5.25. The molecule has 5 heavy (non-hydrogen) atoms. The van der Waals surface area contributed by atoms with Gasteiger partial charge < -0.3 is 4.63 Å². The topological polar surface area (TPSA) is 3.24 Å². The minimum Gasteiger partial charge on any atom is -0.442 e. The largest absolute Gasteiger partial charge is 0.442 e. The van der Waals surface area contributed by atoms with E-state index in [9.17, 15) is 0 Å². The van der Waals surface area contributed by atoms with Gasteiger partial charge in [-0.25, -0.2) is 0 Å². The van der Waals surface area contributed by atoms with E-state index in [0.29, 0.717) is 0 Å². The van der Waals surface area contributed by atoms with Gasteiger partial charge in [-0.05, 0) is 0 Å². The molecule has 0 aliphatic heterocycles. The number of hydrogen-bond acceptors (Lipinski definition) is 1. The Morgan fingerprint density at radius 1 is 1.60 bits per heavy atom. The third-order valence-electron chi connectivity index (χ3n) is 0.632. The Morgan fingerprint density at radius 3 is 1.80 bits per heavy atom. The van der Waals surface area contributed by atoms with E-state index in [0.717, 1.165) is 7.41 Å². The van der Waals surface area contributed by atoms with Crippen LogP contribution in [0.4, 0.5) is 0 Å². The highest BCUT2D eigenvalue weighted by Gasteiger charge is 1.77. The maximum atomic E-state index is 2.12. The summed E-state index contributed by atoms with van der Waals surface area (Å²) < 4.78 is 2.12. The zero-order chi connectivity index (χ0) is 4.28. The van der Waals surface area contributed by atoms with Gasteiger partial charge in [-0.1, -0.05) is 6.82 Å². The van der Waals surface area contributed by atoms with Crippen molar-refractivity contribution in [3.63, 3.8) is 0 Å². The molecule has 26 valence electrons. The maximum absolute atomic E-state index is 2.12. The van der Waals surface area contributed by atoms with Gasteiger partial charge in [0.15, 0.2) is 23.4 Å². The summed E-state index contributed by atoms with van der Waals surface area (Å²) in [5.41, 5.74) is 0. The van der Waals surface area contributed by atoms with Crippen LogP contribution >= 0.6 is 0 Å². The first-order valence-electron chi connectivity index (χ1n) is 1.92. The molecular weight excluding hydrogens is 58.5 g/mol. The van der Waals surface area contributed by atoms with E-state index in [4.69, 9.17) is 0 Å². The highest BCUT2D eigenvalue weighted by Crippen LogP contribution is 1.56. The van der Waals surface area contributed by atoms with Gasteiger partial charge in [-0.3, -0.25) is 0 Å². The fourth-order valence-corrected chi connectivity index (χ4v) is 0. The monoisotopic (exact) mass is 67.1 g/mol. The predicted octanol–water partition coefficient (Wildman–Crippen LogP) is -2.22. The second-order valence-electron chi connectivity index (χ2n) is 1.40. The second kappa shape index (κ2) is 2.40. The molecule has 0 saturated heterocycles. The van der Waals surface area contributed by atoms with Gasteiger partial charge in [0.05, 0.1) is 0 Å². The molecule has 0 radical (unpaired) electrons. The normalized spacial score (nSPS) is 8.40. The molecule has 0 heterocycles. The van der Waals surface area contributed by atoms with Crippen LogP contribution < -0.4 is 0 Å². The van der Waals surface area contributed by atoms with Crippen molar-refractivity contribution in [3.8, 4) is 0 Å². The summed E-state index contributed by atoms with van der Waals surface area (Å²) in [4.78, 5) is 0. The number of hydrogen-bond donors (Lipinski definition) is 0. The van der Waals surface area contributed by atoms with Crippen LogP contribution in [0.1, 0.15) is 0 Å². The van der Waals surface area contributed by atoms with Crippen LogP contribution in [0.3, 0.4) is 0 Å². The summed E-state index contributed by atoms with van der Waals surface area (Å²) in [6.45, 7) is 2.12. The molecule has 0 unspecified atom stereocenters. The van der Waals surface area contributed by atoms with Crippen LogP contribution in [0.25, 0.3) is 0 Å². The smallest absolute Gasteiger partial charge is 0.177 e. The first-order chi connectivity index (χ1) is 2.27. The van der Waals surface area contributed by atoms with Crippen molar-refractivity contribution in [2.24, 2.45) is 0 Å². The first-order valence-corrected chi connectivity index (χ1v) is 1.92. The summed E-state index contributed by atoms with van der Waals surface area (Å²) in [6.07, 6.45) is 0. The van der Waals surface area contributed by atoms with E-state index >= 15 is 0 Å². The molecule has 0 aromatic carbocycles. The molecule has 0 bridgehead atoms. The molecule has 1 nitrogen and oxygen atoms in total. The van der Waals surface area contributed by atoms with Crippen molar-refractivity contribution in [1.82, 2.24) is 4.63 Å². The standard InChI is InChI=1S/CH8B3N/c1-4-5(2)3/h4H,2-3H2,1H3. The van der Waals surface area contributed by atoms with Crippen molar-refractivity contribution >= 4 is 23.4 Å². The van der Waals surface area contributed by atoms with Crippen LogP contribution in [0.5, 0.6) is 0 Å². The van der Waals surface area contributed by atoms with Gasteiger partial charge in [0.1, 0.15) is 0 Å². The fraction of sp³-hybridized carbons (Fsp3) is 1.00. The van der Waals surface area contributed by atoms with Crippen LogP contribution in [0.2, 0.25) is 6.82 Å². The molecule has 0 fully saturated rings. The van der Waals surface area contributed by atoms with Gasteiger partial charge in [0.2, 0.25) is 0 Å². The first kappa shape index (κ1) is 5.15. The van der Waals surface area contributed by atoms with Crippen LogP contribution in [-0.2, 0) is 0 Å². The van der Waals surface area contributed by atoms with E-state index in [2.05, 4.69) is 27.4 Å². The Hall–Kier alpha value is 0.155. The summed E-state index contributed by atoms with van der Waals surface area (Å²) in [6, 6.07) is 0. The molecule has 0 rings (SSSR count). The molecule has 0 amide bonds. The van der Waals surface area contributed by atoms with Crippen molar-refractivity contribution < 1.29 is 0 Å². The second-order valence-corrected chi connectivity index (χ2v) is 1.40. The molecule has 0 atom stereocenters. The lowest BCUT2D eigenvalue weighted by molar-refractivity contribution is 1.15. The quantitative estimate of drug-likeness (QED) is 0.314. The van der Waals surface area contributed by atoms with Gasteiger partial charge in [-0.2, -0.15) is 0 Å². The Balaban J connectivity index is 2.54. The van der Waals surface area contributed by atoms with Crippen molar-refractivity contribution in [1.29, 1.82) is 0 Å². The van der Waals surface area contributed by atoms with Crippen molar-refractivity contribution in [3.05, 3.63) is 0 Å². The molecule has 0 aliphatic carbocycles. The minimum absolute atomic E-state index is 1.14. The molecule has 4 heteroatoms.